The molecule has 0 N–H and O–H groups in total. The van der Waals surface area contributed by atoms with E-state index in [4.69, 9.17) is 9.05 Å². The van der Waals surface area contributed by atoms with E-state index in [1.165, 1.54) is 22.3 Å². The topological polar surface area (TPSA) is 18.5 Å². The van der Waals surface area contributed by atoms with Gasteiger partial charge in [0.2, 0.25) is 0 Å². The third kappa shape index (κ3) is 8.24. The van der Waals surface area contributed by atoms with Crippen LogP contribution >= 0.6 is 8.38 Å². The van der Waals surface area contributed by atoms with Crippen LogP contribution in [0.15, 0.2) is 96.8 Å². The zero-order valence-electron chi connectivity index (χ0n) is 28.9. The van der Waals surface area contributed by atoms with Gasteiger partial charge >= 0.3 is 8.38 Å². The van der Waals surface area contributed by atoms with Crippen molar-refractivity contribution in [3.63, 3.8) is 0 Å². The molecule has 0 radical (unpaired) electrons. The Morgan fingerprint density at radius 2 is 1.02 bits per heavy atom. The van der Waals surface area contributed by atoms with Crippen molar-refractivity contribution in [2.45, 2.75) is 105 Å². The maximum Gasteiger partial charge on any atom is 0.326 e. The summed E-state index contributed by atoms with van der Waals surface area (Å²) in [5.41, 5.74) is 10.3. The zero-order chi connectivity index (χ0) is 32.5. The van der Waals surface area contributed by atoms with Gasteiger partial charge in [0.15, 0.2) is 0 Å². The van der Waals surface area contributed by atoms with Gasteiger partial charge in [0.1, 0.15) is 11.5 Å². The van der Waals surface area contributed by atoms with E-state index in [1.807, 2.05) is 18.2 Å². The Balaban J connectivity index is 1.82. The van der Waals surface area contributed by atoms with Crippen molar-refractivity contribution in [3.05, 3.63) is 125 Å². The van der Waals surface area contributed by atoms with Crippen LogP contribution in [0.4, 0.5) is 0 Å². The molecule has 3 aromatic rings. The molecule has 0 saturated heterocycles. The van der Waals surface area contributed by atoms with E-state index in [0.29, 0.717) is 0 Å². The van der Waals surface area contributed by atoms with Crippen molar-refractivity contribution in [1.82, 2.24) is 0 Å². The van der Waals surface area contributed by atoms with Gasteiger partial charge in [0.05, 0.1) is 5.30 Å². The summed E-state index contributed by atoms with van der Waals surface area (Å²) in [6, 6.07) is 21.9. The van der Waals surface area contributed by atoms with Gasteiger partial charge in [-0.15, -0.1) is 5.73 Å². The molecule has 4 rings (SSSR count). The number of rotatable bonds is 6. The van der Waals surface area contributed by atoms with E-state index in [2.05, 4.69) is 162 Å². The van der Waals surface area contributed by atoms with Gasteiger partial charge in [0, 0.05) is 11.1 Å². The van der Waals surface area contributed by atoms with Crippen molar-refractivity contribution >= 4 is 19.3 Å². The molecule has 0 unspecified atom stereocenters. The largest absolute Gasteiger partial charge is 0.435 e. The Bertz CT molecular complexity index is 1520. The van der Waals surface area contributed by atoms with Crippen LogP contribution in [0.3, 0.4) is 0 Å². The lowest BCUT2D eigenvalue weighted by Gasteiger charge is -2.30. The zero-order valence-corrected chi connectivity index (χ0v) is 29.8. The van der Waals surface area contributed by atoms with Crippen LogP contribution in [0.2, 0.25) is 0 Å². The normalized spacial score (nSPS) is 14.1. The minimum Gasteiger partial charge on any atom is -0.435 e. The molecule has 44 heavy (non-hydrogen) atoms. The van der Waals surface area contributed by atoms with Crippen molar-refractivity contribution in [1.29, 1.82) is 0 Å². The molecule has 0 spiro atoms. The van der Waals surface area contributed by atoms with Crippen molar-refractivity contribution in [2.75, 3.05) is 0 Å². The van der Waals surface area contributed by atoms with E-state index in [0.717, 1.165) is 27.9 Å². The lowest BCUT2D eigenvalue weighted by Crippen LogP contribution is -2.20. The molecule has 1 aliphatic rings. The van der Waals surface area contributed by atoms with Gasteiger partial charge in [-0.25, -0.2) is 0 Å². The molecule has 0 heterocycles. The molecule has 3 heteroatoms. The molecule has 0 saturated carbocycles. The Morgan fingerprint density at radius 1 is 0.545 bits per heavy atom. The van der Waals surface area contributed by atoms with Crippen LogP contribution in [0.5, 0.6) is 11.5 Å². The van der Waals surface area contributed by atoms with E-state index in [9.17, 15) is 0 Å². The van der Waals surface area contributed by atoms with Gasteiger partial charge in [-0.2, -0.15) is 0 Å². The predicted molar refractivity (Wildman–Crippen MR) is 192 cm³/mol. The summed E-state index contributed by atoms with van der Waals surface area (Å²) in [7, 11) is -1.51. The molecule has 0 amide bonds. The molecule has 1 aliphatic carbocycles. The number of allylic oxidation sites excluding steroid dienone is 5. The van der Waals surface area contributed by atoms with Gasteiger partial charge in [0.25, 0.3) is 0 Å². The minimum atomic E-state index is -1.51. The van der Waals surface area contributed by atoms with Crippen molar-refractivity contribution in [2.24, 2.45) is 0 Å². The van der Waals surface area contributed by atoms with E-state index in [-0.39, 0.29) is 21.7 Å². The maximum atomic E-state index is 6.99. The highest BCUT2D eigenvalue weighted by atomic mass is 31.2. The first kappa shape index (κ1) is 33.6. The minimum absolute atomic E-state index is 0.0395. The van der Waals surface area contributed by atoms with Crippen LogP contribution in [0.25, 0.3) is 5.57 Å². The lowest BCUT2D eigenvalue weighted by molar-refractivity contribution is 0.466. The van der Waals surface area contributed by atoms with E-state index in [1.54, 1.807) is 0 Å². The number of benzene rings is 3. The number of hydrogen-bond acceptors (Lipinski definition) is 2. The van der Waals surface area contributed by atoms with Gasteiger partial charge in [-0.1, -0.05) is 132 Å². The van der Waals surface area contributed by atoms with Crippen LogP contribution in [-0.4, -0.2) is 0 Å². The standard InChI is InChI=1S/C41H51O2P/c1-38(2,3)31-21-25-36(34(27-31)40(7,8)9)42-44(33-23-19-30(20-24-33)29-17-15-13-14-16-18-29)43-37-26-22-32(39(4,5)6)28-35(37)41(10,11)12/h13,15-28H,1-12H3. The molecule has 0 aromatic heterocycles. The fourth-order valence-electron chi connectivity index (χ4n) is 5.05. The molecule has 0 fully saturated rings. The Hall–Kier alpha value is -3.31. The molecular weight excluding hydrogens is 555 g/mol. The predicted octanol–water partition coefficient (Wildman–Crippen LogP) is 11.6. The van der Waals surface area contributed by atoms with Crippen molar-refractivity contribution in [3.8, 4) is 11.5 Å². The molecule has 0 atom stereocenters. The second kappa shape index (κ2) is 12.6. The van der Waals surface area contributed by atoms with Crippen molar-refractivity contribution < 1.29 is 9.05 Å². The summed E-state index contributed by atoms with van der Waals surface area (Å²) in [6.07, 6.45) is 10.1. The molecule has 0 aliphatic heterocycles. The third-order valence-corrected chi connectivity index (χ3v) is 9.35. The maximum absolute atomic E-state index is 6.99. The second-order valence-corrected chi connectivity index (χ2v) is 17.3. The molecule has 2 nitrogen and oxygen atoms in total. The monoisotopic (exact) mass is 606 g/mol. The summed E-state index contributed by atoms with van der Waals surface area (Å²) in [5, 5.41) is 1.02. The summed E-state index contributed by atoms with van der Waals surface area (Å²) in [5.74, 6) is 1.74. The fourth-order valence-corrected chi connectivity index (χ4v) is 6.37. The van der Waals surface area contributed by atoms with Crippen LogP contribution in [-0.2, 0) is 21.7 Å². The quantitative estimate of drug-likeness (QED) is 0.205. The average molecular weight is 607 g/mol. The first-order valence-electron chi connectivity index (χ1n) is 15.7. The van der Waals surface area contributed by atoms with E-state index >= 15 is 0 Å². The fraction of sp³-hybridized carbons (Fsp3) is 0.390. The van der Waals surface area contributed by atoms with Crippen LogP contribution < -0.4 is 14.4 Å². The van der Waals surface area contributed by atoms with Gasteiger partial charge < -0.3 is 9.05 Å². The smallest absolute Gasteiger partial charge is 0.326 e. The summed E-state index contributed by atoms with van der Waals surface area (Å²) in [4.78, 5) is 0. The van der Waals surface area contributed by atoms with Crippen LogP contribution in [0.1, 0.15) is 111 Å². The first-order chi connectivity index (χ1) is 20.3. The Kier molecular flexibility index (Phi) is 9.61. The molecule has 0 bridgehead atoms. The van der Waals surface area contributed by atoms with Gasteiger partial charge in [-0.05, 0) is 86.4 Å². The third-order valence-electron chi connectivity index (χ3n) is 7.91. The highest BCUT2D eigenvalue weighted by molar-refractivity contribution is 7.56. The lowest BCUT2D eigenvalue weighted by atomic mass is 9.80. The van der Waals surface area contributed by atoms with Crippen LogP contribution in [0, 0.1) is 0 Å². The summed E-state index contributed by atoms with van der Waals surface area (Å²) < 4.78 is 14.0. The number of hydrogen-bond donors (Lipinski definition) is 0. The molecule has 232 valence electrons. The van der Waals surface area contributed by atoms with E-state index < -0.39 is 8.38 Å². The summed E-state index contributed by atoms with van der Waals surface area (Å²) >= 11 is 0. The molecular formula is C41H51O2P. The Labute approximate surface area is 268 Å². The molecule has 3 aromatic carbocycles. The first-order valence-corrected chi connectivity index (χ1v) is 16.9. The average Bonchev–Trinajstić information content (AvgIpc) is 3.20. The summed E-state index contributed by atoms with van der Waals surface area (Å²) in [6.45, 7) is 27.0. The second-order valence-electron chi connectivity index (χ2n) is 15.9. The highest BCUT2D eigenvalue weighted by Crippen LogP contribution is 2.47. The Morgan fingerprint density at radius 3 is 1.45 bits per heavy atom. The highest BCUT2D eigenvalue weighted by Gasteiger charge is 2.29. The SMILES string of the molecule is CC(C)(C)c1ccc(OP(Oc2ccc(C(C)(C)C)cc2C(C)(C)C)c2ccc(C3=CC=C=CC=C3)cc2)c(C(C)(C)C)c1. The van der Waals surface area contributed by atoms with Gasteiger partial charge in [-0.3, -0.25) is 0 Å².